The van der Waals surface area contributed by atoms with E-state index in [1.807, 2.05) is 6.07 Å². The number of barbiturate groups is 1. The number of nitrogens with one attached hydrogen (secondary N) is 1. The van der Waals surface area contributed by atoms with Gasteiger partial charge < -0.3 is 4.74 Å². The van der Waals surface area contributed by atoms with Gasteiger partial charge in [0.1, 0.15) is 5.75 Å². The van der Waals surface area contributed by atoms with E-state index in [1.54, 1.807) is 42.5 Å². The quantitative estimate of drug-likeness (QED) is 0.662. The Kier molecular flexibility index (Phi) is 4.95. The SMILES string of the molecule is COc1cccc(N2C(=O)NC(=O)[C@H](C=Nc3ccc(C#N)cc3)C2=O)c1. The lowest BCUT2D eigenvalue weighted by Gasteiger charge is -2.28. The molecule has 1 heterocycles. The van der Waals surface area contributed by atoms with Gasteiger partial charge in [-0.2, -0.15) is 5.26 Å². The van der Waals surface area contributed by atoms with Crippen LogP contribution in [-0.2, 0) is 9.59 Å². The molecular weight excluding hydrogens is 348 g/mol. The van der Waals surface area contributed by atoms with Gasteiger partial charge in [-0.15, -0.1) is 0 Å². The summed E-state index contributed by atoms with van der Waals surface area (Å²) in [6.45, 7) is 0. The Morgan fingerprint density at radius 1 is 1.19 bits per heavy atom. The van der Waals surface area contributed by atoms with Crippen molar-refractivity contribution in [3.05, 3.63) is 54.1 Å². The van der Waals surface area contributed by atoms with Gasteiger partial charge >= 0.3 is 6.03 Å². The van der Waals surface area contributed by atoms with Gasteiger partial charge in [-0.3, -0.25) is 19.9 Å². The van der Waals surface area contributed by atoms with Crippen molar-refractivity contribution < 1.29 is 19.1 Å². The van der Waals surface area contributed by atoms with E-state index in [0.29, 0.717) is 17.0 Å². The second-order valence-electron chi connectivity index (χ2n) is 5.58. The van der Waals surface area contributed by atoms with Crippen LogP contribution >= 0.6 is 0 Å². The molecule has 134 valence electrons. The summed E-state index contributed by atoms with van der Waals surface area (Å²) >= 11 is 0. The fraction of sp³-hybridized carbons (Fsp3) is 0.105. The van der Waals surface area contributed by atoms with E-state index >= 15 is 0 Å². The predicted molar refractivity (Wildman–Crippen MR) is 96.8 cm³/mol. The van der Waals surface area contributed by atoms with Gasteiger partial charge in [-0.25, -0.2) is 9.69 Å². The number of nitrogens with zero attached hydrogens (tertiary/aromatic N) is 3. The molecule has 0 aliphatic carbocycles. The van der Waals surface area contributed by atoms with E-state index in [0.717, 1.165) is 4.90 Å². The predicted octanol–water partition coefficient (Wildman–Crippen LogP) is 2.17. The molecule has 0 radical (unpaired) electrons. The number of rotatable bonds is 4. The summed E-state index contributed by atoms with van der Waals surface area (Å²) in [5.74, 6) is -2.26. The highest BCUT2D eigenvalue weighted by Crippen LogP contribution is 2.24. The molecule has 0 bridgehead atoms. The Balaban J connectivity index is 1.87. The lowest BCUT2D eigenvalue weighted by Crippen LogP contribution is -2.58. The van der Waals surface area contributed by atoms with Gasteiger partial charge in [0.05, 0.1) is 30.1 Å². The molecule has 2 aromatic rings. The van der Waals surface area contributed by atoms with Gasteiger partial charge in [0.15, 0.2) is 5.92 Å². The molecule has 8 heteroatoms. The van der Waals surface area contributed by atoms with Crippen LogP contribution in [0.15, 0.2) is 53.5 Å². The summed E-state index contributed by atoms with van der Waals surface area (Å²) in [7, 11) is 1.47. The van der Waals surface area contributed by atoms with Crippen LogP contribution in [0.1, 0.15) is 5.56 Å². The molecule has 2 aromatic carbocycles. The second kappa shape index (κ2) is 7.49. The first-order chi connectivity index (χ1) is 13.0. The van der Waals surface area contributed by atoms with Crippen LogP contribution in [-0.4, -0.2) is 31.2 Å². The average Bonchev–Trinajstić information content (AvgIpc) is 2.68. The van der Waals surface area contributed by atoms with Crippen LogP contribution in [0.5, 0.6) is 5.75 Å². The van der Waals surface area contributed by atoms with Crippen LogP contribution in [0.2, 0.25) is 0 Å². The highest BCUT2D eigenvalue weighted by molar-refractivity contribution is 6.32. The zero-order chi connectivity index (χ0) is 19.4. The standard InChI is InChI=1S/C19H14N4O4/c1-27-15-4-2-3-14(9-15)23-18(25)16(17(24)22-19(23)26)11-21-13-7-5-12(10-20)6-8-13/h2-9,11,16H,1H3,(H,22,24,26)/t16-/m0/s1. The number of hydrogen-bond donors (Lipinski definition) is 1. The van der Waals surface area contributed by atoms with Gasteiger partial charge in [0.25, 0.3) is 5.91 Å². The Hall–Kier alpha value is -3.99. The number of benzene rings is 2. The van der Waals surface area contributed by atoms with Crippen molar-refractivity contribution in [2.45, 2.75) is 0 Å². The third-order valence-corrected chi connectivity index (χ3v) is 3.88. The van der Waals surface area contributed by atoms with Crippen molar-refractivity contribution in [3.8, 4) is 11.8 Å². The van der Waals surface area contributed by atoms with Crippen LogP contribution in [0.4, 0.5) is 16.2 Å². The Morgan fingerprint density at radius 2 is 1.93 bits per heavy atom. The van der Waals surface area contributed by atoms with Gasteiger partial charge in [-0.1, -0.05) is 6.07 Å². The van der Waals surface area contributed by atoms with Crippen molar-refractivity contribution in [3.63, 3.8) is 0 Å². The minimum absolute atomic E-state index is 0.279. The van der Waals surface area contributed by atoms with Crippen LogP contribution in [0.3, 0.4) is 0 Å². The van der Waals surface area contributed by atoms with Crippen LogP contribution < -0.4 is 15.0 Å². The smallest absolute Gasteiger partial charge is 0.335 e. The van der Waals surface area contributed by atoms with Gasteiger partial charge in [0, 0.05) is 12.3 Å². The minimum Gasteiger partial charge on any atom is -0.497 e. The average molecular weight is 362 g/mol. The summed E-state index contributed by atoms with van der Waals surface area (Å²) < 4.78 is 5.10. The number of ether oxygens (including phenoxy) is 1. The third-order valence-electron chi connectivity index (χ3n) is 3.88. The number of methoxy groups -OCH3 is 1. The molecular formula is C19H14N4O4. The lowest BCUT2D eigenvalue weighted by molar-refractivity contribution is -0.131. The summed E-state index contributed by atoms with van der Waals surface area (Å²) in [4.78, 5) is 42.0. The molecule has 1 aliphatic rings. The first kappa shape index (κ1) is 17.8. The highest BCUT2D eigenvalue weighted by Gasteiger charge is 2.40. The molecule has 1 fully saturated rings. The normalized spacial score (nSPS) is 17.0. The number of nitriles is 1. The maximum absolute atomic E-state index is 12.7. The maximum Gasteiger partial charge on any atom is 0.335 e. The van der Waals surface area contributed by atoms with E-state index < -0.39 is 23.8 Å². The summed E-state index contributed by atoms with van der Waals surface area (Å²) in [5.41, 5.74) is 1.22. The minimum atomic E-state index is -1.26. The molecule has 0 aromatic heterocycles. The van der Waals surface area contributed by atoms with E-state index in [-0.39, 0.29) is 5.69 Å². The number of urea groups is 1. The maximum atomic E-state index is 12.7. The zero-order valence-corrected chi connectivity index (χ0v) is 14.2. The molecule has 8 nitrogen and oxygen atoms in total. The molecule has 4 amide bonds. The largest absolute Gasteiger partial charge is 0.497 e. The number of imide groups is 2. The molecule has 1 aliphatic heterocycles. The van der Waals surface area contributed by atoms with E-state index in [4.69, 9.17) is 10.00 Å². The van der Waals surface area contributed by atoms with Gasteiger partial charge in [-0.05, 0) is 36.4 Å². The molecule has 0 spiro atoms. The molecule has 0 unspecified atom stereocenters. The lowest BCUT2D eigenvalue weighted by atomic mass is 10.1. The van der Waals surface area contributed by atoms with E-state index in [2.05, 4.69) is 10.3 Å². The van der Waals surface area contributed by atoms with Crippen molar-refractivity contribution in [1.29, 1.82) is 5.26 Å². The fourth-order valence-electron chi connectivity index (χ4n) is 2.50. The monoisotopic (exact) mass is 362 g/mol. The van der Waals surface area contributed by atoms with Crippen LogP contribution in [0.25, 0.3) is 0 Å². The van der Waals surface area contributed by atoms with Crippen molar-refractivity contribution in [2.75, 3.05) is 12.0 Å². The Labute approximate surface area is 154 Å². The fourth-order valence-corrected chi connectivity index (χ4v) is 2.50. The molecule has 1 atom stereocenters. The van der Waals surface area contributed by atoms with Crippen molar-refractivity contribution in [1.82, 2.24) is 5.32 Å². The summed E-state index contributed by atoms with van der Waals surface area (Å²) in [6, 6.07) is 13.9. The molecule has 27 heavy (non-hydrogen) atoms. The Morgan fingerprint density at radius 3 is 2.59 bits per heavy atom. The first-order valence-electron chi connectivity index (χ1n) is 7.90. The zero-order valence-electron chi connectivity index (χ0n) is 14.2. The van der Waals surface area contributed by atoms with Crippen LogP contribution in [0, 0.1) is 17.2 Å². The van der Waals surface area contributed by atoms with Gasteiger partial charge in [0.2, 0.25) is 5.91 Å². The number of hydrogen-bond acceptors (Lipinski definition) is 6. The van der Waals surface area contributed by atoms with Crippen molar-refractivity contribution >= 4 is 35.4 Å². The molecule has 3 rings (SSSR count). The third kappa shape index (κ3) is 3.67. The highest BCUT2D eigenvalue weighted by atomic mass is 16.5. The van der Waals surface area contributed by atoms with Crippen molar-refractivity contribution in [2.24, 2.45) is 10.9 Å². The van der Waals surface area contributed by atoms with E-state index in [1.165, 1.54) is 19.4 Å². The first-order valence-corrected chi connectivity index (χ1v) is 7.90. The number of aliphatic imine (C=N–C) groups is 1. The summed E-state index contributed by atoms with van der Waals surface area (Å²) in [5, 5.41) is 11.0. The number of anilines is 1. The molecule has 1 saturated heterocycles. The summed E-state index contributed by atoms with van der Waals surface area (Å²) in [6.07, 6.45) is 1.18. The molecule has 0 saturated carbocycles. The number of carbonyl (C=O) groups excluding carboxylic acids is 3. The number of carbonyl (C=O) groups is 3. The number of amides is 4. The topological polar surface area (TPSA) is 112 Å². The molecule has 1 N–H and O–H groups in total. The second-order valence-corrected chi connectivity index (χ2v) is 5.58. The Bertz CT molecular complexity index is 976. The van der Waals surface area contributed by atoms with E-state index in [9.17, 15) is 14.4 Å².